The standard InChI is InChI=1S/C26H36N4O10/c31-18-27-6-8-36-10-12-38-14-16-40-17-15-39-13-11-37-9-7-28-20-3-1-2-19-23(20)26(35)30(25(19)34)21-4-5-22(32)29-24(21)33/h1-3,18,21,28H,4-17H2,(H,27,31)(H,29,32,33). The Bertz CT molecular complexity index is 1020. The summed E-state index contributed by atoms with van der Waals surface area (Å²) >= 11 is 0. The zero-order valence-electron chi connectivity index (χ0n) is 22.3. The Hall–Kier alpha value is -3.43. The highest BCUT2D eigenvalue weighted by molar-refractivity contribution is 6.25. The molecule has 0 radical (unpaired) electrons. The largest absolute Gasteiger partial charge is 0.382 e. The van der Waals surface area contributed by atoms with Crippen molar-refractivity contribution in [2.24, 2.45) is 0 Å². The third kappa shape index (κ3) is 9.34. The van der Waals surface area contributed by atoms with Gasteiger partial charge in [0.1, 0.15) is 6.04 Å². The predicted octanol–water partition coefficient (Wildman–Crippen LogP) is -0.671. The Morgan fingerprint density at radius 2 is 1.38 bits per heavy atom. The number of rotatable bonds is 21. The summed E-state index contributed by atoms with van der Waals surface area (Å²) in [5.74, 6) is -2.17. The fourth-order valence-corrected chi connectivity index (χ4v) is 4.09. The normalized spacial score (nSPS) is 16.7. The molecular weight excluding hydrogens is 528 g/mol. The van der Waals surface area contributed by atoms with Gasteiger partial charge in [-0.1, -0.05) is 6.07 Å². The van der Waals surface area contributed by atoms with Crippen molar-refractivity contribution in [2.75, 3.05) is 84.5 Å². The number of hydrogen-bond acceptors (Lipinski definition) is 11. The number of imide groups is 2. The molecule has 220 valence electrons. The number of hydrogen-bond donors (Lipinski definition) is 3. The van der Waals surface area contributed by atoms with E-state index in [1.807, 2.05) is 0 Å². The molecule has 1 unspecified atom stereocenters. The molecule has 1 atom stereocenters. The van der Waals surface area contributed by atoms with Gasteiger partial charge in [-0.3, -0.25) is 34.2 Å². The highest BCUT2D eigenvalue weighted by Crippen LogP contribution is 2.32. The van der Waals surface area contributed by atoms with Crippen LogP contribution >= 0.6 is 0 Å². The van der Waals surface area contributed by atoms with Crippen molar-refractivity contribution in [3.8, 4) is 0 Å². The van der Waals surface area contributed by atoms with Crippen LogP contribution in [0, 0.1) is 0 Å². The Kier molecular flexibility index (Phi) is 13.5. The zero-order valence-corrected chi connectivity index (χ0v) is 22.3. The smallest absolute Gasteiger partial charge is 0.264 e. The van der Waals surface area contributed by atoms with Gasteiger partial charge in [-0.05, 0) is 18.6 Å². The lowest BCUT2D eigenvalue weighted by molar-refractivity contribution is -0.136. The molecule has 2 aliphatic heterocycles. The first kappa shape index (κ1) is 31.1. The van der Waals surface area contributed by atoms with E-state index in [-0.39, 0.29) is 24.0 Å². The number of benzene rings is 1. The van der Waals surface area contributed by atoms with E-state index in [1.165, 1.54) is 0 Å². The van der Waals surface area contributed by atoms with Gasteiger partial charge in [-0.2, -0.15) is 0 Å². The van der Waals surface area contributed by atoms with Crippen molar-refractivity contribution in [2.45, 2.75) is 18.9 Å². The summed E-state index contributed by atoms with van der Waals surface area (Å²) in [6.07, 6.45) is 0.802. The van der Waals surface area contributed by atoms with E-state index in [0.29, 0.717) is 91.3 Å². The monoisotopic (exact) mass is 564 g/mol. The third-order valence-corrected chi connectivity index (χ3v) is 5.99. The average molecular weight is 565 g/mol. The van der Waals surface area contributed by atoms with Crippen molar-refractivity contribution in [1.82, 2.24) is 15.5 Å². The number of amides is 5. The molecule has 3 rings (SSSR count). The molecule has 0 aromatic heterocycles. The fraction of sp³-hybridized carbons (Fsp3) is 0.577. The van der Waals surface area contributed by atoms with E-state index in [2.05, 4.69) is 16.0 Å². The lowest BCUT2D eigenvalue weighted by Crippen LogP contribution is -2.54. The van der Waals surface area contributed by atoms with Gasteiger partial charge in [0.05, 0.1) is 77.2 Å². The summed E-state index contributed by atoms with van der Waals surface area (Å²) in [6, 6.07) is 3.89. The fourth-order valence-electron chi connectivity index (χ4n) is 4.09. The summed E-state index contributed by atoms with van der Waals surface area (Å²) in [4.78, 5) is 60.6. The van der Waals surface area contributed by atoms with E-state index < -0.39 is 29.7 Å². The molecule has 3 N–H and O–H groups in total. The van der Waals surface area contributed by atoms with Crippen LogP contribution in [0.3, 0.4) is 0 Å². The Labute approximate surface area is 232 Å². The minimum atomic E-state index is -1.01. The molecule has 1 fully saturated rings. The molecule has 0 aliphatic carbocycles. The number of carbonyl (C=O) groups excluding carboxylic acids is 5. The van der Waals surface area contributed by atoms with Gasteiger partial charge >= 0.3 is 0 Å². The van der Waals surface area contributed by atoms with Gasteiger partial charge in [-0.15, -0.1) is 0 Å². The minimum Gasteiger partial charge on any atom is -0.382 e. The van der Waals surface area contributed by atoms with Gasteiger partial charge in [0.25, 0.3) is 11.8 Å². The molecule has 14 nitrogen and oxygen atoms in total. The molecule has 1 saturated heterocycles. The summed E-state index contributed by atoms with van der Waals surface area (Å²) in [5, 5.41) is 7.81. The van der Waals surface area contributed by atoms with Gasteiger partial charge in [-0.25, -0.2) is 0 Å². The van der Waals surface area contributed by atoms with E-state index in [0.717, 1.165) is 4.90 Å². The molecular formula is C26H36N4O10. The lowest BCUT2D eigenvalue weighted by Gasteiger charge is -2.27. The van der Waals surface area contributed by atoms with Gasteiger partial charge in [0.15, 0.2) is 0 Å². The van der Waals surface area contributed by atoms with Crippen LogP contribution in [0.2, 0.25) is 0 Å². The van der Waals surface area contributed by atoms with Crippen molar-refractivity contribution in [3.05, 3.63) is 29.3 Å². The van der Waals surface area contributed by atoms with E-state index in [9.17, 15) is 24.0 Å². The highest BCUT2D eigenvalue weighted by atomic mass is 16.6. The van der Waals surface area contributed by atoms with Crippen molar-refractivity contribution < 1.29 is 47.7 Å². The van der Waals surface area contributed by atoms with Crippen LogP contribution in [0.15, 0.2) is 18.2 Å². The van der Waals surface area contributed by atoms with Crippen LogP contribution in [-0.4, -0.2) is 120 Å². The average Bonchev–Trinajstić information content (AvgIpc) is 3.20. The maximum atomic E-state index is 13.1. The SMILES string of the molecule is O=CNCCOCCOCCOCCOCCOCCNc1cccc2c1C(=O)N(C1CCC(=O)NC1=O)C2=O. The minimum absolute atomic E-state index is 0.0683. The van der Waals surface area contributed by atoms with Crippen LogP contribution in [0.4, 0.5) is 5.69 Å². The predicted molar refractivity (Wildman–Crippen MR) is 140 cm³/mol. The van der Waals surface area contributed by atoms with E-state index in [4.69, 9.17) is 23.7 Å². The second-order valence-electron chi connectivity index (χ2n) is 8.74. The number of nitrogens with zero attached hydrogens (tertiary/aromatic N) is 1. The number of anilines is 1. The Morgan fingerprint density at radius 3 is 1.95 bits per heavy atom. The Morgan fingerprint density at radius 1 is 0.800 bits per heavy atom. The van der Waals surface area contributed by atoms with Crippen molar-refractivity contribution in [1.29, 1.82) is 0 Å². The van der Waals surface area contributed by atoms with Crippen LogP contribution in [-0.2, 0) is 38.1 Å². The first-order valence-electron chi connectivity index (χ1n) is 13.2. The molecule has 2 heterocycles. The summed E-state index contributed by atoms with van der Waals surface area (Å²) < 4.78 is 27.0. The molecule has 40 heavy (non-hydrogen) atoms. The molecule has 1 aromatic rings. The Balaban J connectivity index is 1.22. The topological polar surface area (TPSA) is 171 Å². The van der Waals surface area contributed by atoms with Gasteiger partial charge in [0, 0.05) is 25.2 Å². The number of ether oxygens (including phenoxy) is 5. The van der Waals surface area contributed by atoms with Crippen molar-refractivity contribution >= 4 is 35.7 Å². The number of nitrogens with one attached hydrogen (secondary N) is 3. The van der Waals surface area contributed by atoms with Crippen LogP contribution < -0.4 is 16.0 Å². The molecule has 0 spiro atoms. The quantitative estimate of drug-likeness (QED) is 0.0983. The maximum absolute atomic E-state index is 13.1. The number of carbonyl (C=O) groups is 5. The zero-order chi connectivity index (χ0) is 28.6. The number of piperidine rings is 1. The first-order valence-corrected chi connectivity index (χ1v) is 13.2. The third-order valence-electron chi connectivity index (χ3n) is 5.99. The maximum Gasteiger partial charge on any atom is 0.264 e. The van der Waals surface area contributed by atoms with E-state index >= 15 is 0 Å². The molecule has 5 amide bonds. The molecule has 2 aliphatic rings. The second kappa shape index (κ2) is 17.3. The molecule has 0 saturated carbocycles. The summed E-state index contributed by atoms with van der Waals surface area (Å²) in [5.41, 5.74) is 0.908. The summed E-state index contributed by atoms with van der Waals surface area (Å²) in [6.45, 7) is 5.08. The van der Waals surface area contributed by atoms with Crippen LogP contribution in [0.1, 0.15) is 33.6 Å². The molecule has 0 bridgehead atoms. The number of fused-ring (bicyclic) bond motifs is 1. The molecule has 14 heteroatoms. The van der Waals surface area contributed by atoms with Gasteiger partial charge < -0.3 is 34.3 Å². The van der Waals surface area contributed by atoms with Gasteiger partial charge in [0.2, 0.25) is 18.2 Å². The van der Waals surface area contributed by atoms with Crippen LogP contribution in [0.5, 0.6) is 0 Å². The lowest BCUT2D eigenvalue weighted by atomic mass is 10.0. The van der Waals surface area contributed by atoms with Crippen LogP contribution in [0.25, 0.3) is 0 Å². The van der Waals surface area contributed by atoms with Crippen molar-refractivity contribution in [3.63, 3.8) is 0 Å². The first-order chi connectivity index (χ1) is 19.5. The summed E-state index contributed by atoms with van der Waals surface area (Å²) in [7, 11) is 0. The highest BCUT2D eigenvalue weighted by Gasteiger charge is 2.45. The molecule has 1 aromatic carbocycles. The second-order valence-corrected chi connectivity index (χ2v) is 8.74. The van der Waals surface area contributed by atoms with E-state index in [1.54, 1.807) is 18.2 Å².